The highest BCUT2D eigenvalue weighted by Gasteiger charge is 2.06. The zero-order chi connectivity index (χ0) is 9.68. The fourth-order valence-corrected chi connectivity index (χ4v) is 2.33. The van der Waals surface area contributed by atoms with Crippen LogP contribution in [0.1, 0.15) is 42.4 Å². The second-order valence-corrected chi connectivity index (χ2v) is 4.69. The van der Waals surface area contributed by atoms with E-state index in [9.17, 15) is 0 Å². The topological polar surface area (TPSA) is 20.2 Å². The predicted octanol–water partition coefficient (Wildman–Crippen LogP) is 3.19. The van der Waals surface area contributed by atoms with Gasteiger partial charge in [-0.15, -0.1) is 11.3 Å². The Labute approximate surface area is 84.4 Å². The van der Waals surface area contributed by atoms with E-state index in [4.69, 9.17) is 5.11 Å². The summed E-state index contributed by atoms with van der Waals surface area (Å²) in [4.78, 5) is 2.77. The normalized spacial score (nSPS) is 13.2. The molecule has 1 unspecified atom stereocenters. The van der Waals surface area contributed by atoms with Gasteiger partial charge in [0.05, 0.1) is 6.61 Å². The van der Waals surface area contributed by atoms with Crippen molar-refractivity contribution >= 4 is 11.3 Å². The van der Waals surface area contributed by atoms with Gasteiger partial charge in [0, 0.05) is 15.7 Å². The van der Waals surface area contributed by atoms with Crippen LogP contribution in [0, 0.1) is 0 Å². The highest BCUT2D eigenvalue weighted by atomic mass is 32.1. The fourth-order valence-electron chi connectivity index (χ4n) is 1.23. The molecule has 0 saturated carbocycles. The van der Waals surface area contributed by atoms with E-state index in [-0.39, 0.29) is 6.61 Å². The summed E-state index contributed by atoms with van der Waals surface area (Å²) in [6, 6.07) is 4.35. The molecule has 2 heteroatoms. The average Bonchev–Trinajstić information content (AvgIpc) is 2.62. The molecule has 74 valence electrons. The molecule has 1 nitrogen and oxygen atoms in total. The third-order valence-electron chi connectivity index (χ3n) is 2.22. The number of unbranched alkanes of at least 4 members (excludes halogenated alkanes) is 1. The molecular weight excluding hydrogens is 180 g/mol. The predicted molar refractivity (Wildman–Crippen MR) is 58.4 cm³/mol. The van der Waals surface area contributed by atoms with Gasteiger partial charge >= 0.3 is 0 Å². The molecule has 0 saturated heterocycles. The van der Waals surface area contributed by atoms with Gasteiger partial charge in [-0.3, -0.25) is 0 Å². The zero-order valence-electron chi connectivity index (χ0n) is 8.42. The lowest BCUT2D eigenvalue weighted by molar-refractivity contribution is 0.274. The minimum absolute atomic E-state index is 0.258. The number of aliphatic hydroxyl groups excluding tert-OH is 1. The molecule has 13 heavy (non-hydrogen) atoms. The van der Waals surface area contributed by atoms with Gasteiger partial charge in [0.2, 0.25) is 0 Å². The molecule has 0 radical (unpaired) electrons. The van der Waals surface area contributed by atoms with Crippen molar-refractivity contribution in [3.05, 3.63) is 21.9 Å². The molecule has 0 spiro atoms. The van der Waals surface area contributed by atoms with E-state index >= 15 is 0 Å². The molecule has 0 amide bonds. The van der Waals surface area contributed by atoms with E-state index in [1.165, 1.54) is 29.0 Å². The third kappa shape index (κ3) is 3.12. The van der Waals surface area contributed by atoms with Gasteiger partial charge in [0.25, 0.3) is 0 Å². The Balaban J connectivity index is 2.53. The lowest BCUT2D eigenvalue weighted by atomic mass is 10.1. The molecule has 1 rings (SSSR count). The van der Waals surface area contributed by atoms with Crippen LogP contribution < -0.4 is 0 Å². The van der Waals surface area contributed by atoms with E-state index in [0.717, 1.165) is 0 Å². The Morgan fingerprint density at radius 3 is 2.85 bits per heavy atom. The van der Waals surface area contributed by atoms with Crippen LogP contribution in [0.5, 0.6) is 0 Å². The maximum atomic E-state index is 8.98. The standard InChI is InChI=1S/C11H18OS/c1-3-4-5-10-6-7-11(13-10)9(2)8-12/h6-7,9,12H,3-5,8H2,1-2H3. The van der Waals surface area contributed by atoms with Gasteiger partial charge in [0.1, 0.15) is 0 Å². The van der Waals surface area contributed by atoms with Crippen molar-refractivity contribution in [3.63, 3.8) is 0 Å². The van der Waals surface area contributed by atoms with Crippen molar-refractivity contribution in [2.45, 2.75) is 39.0 Å². The van der Waals surface area contributed by atoms with Crippen molar-refractivity contribution in [1.29, 1.82) is 0 Å². The lowest BCUT2D eigenvalue weighted by Crippen LogP contribution is -1.94. The van der Waals surface area contributed by atoms with Crippen LogP contribution >= 0.6 is 11.3 Å². The quantitative estimate of drug-likeness (QED) is 0.770. The van der Waals surface area contributed by atoms with Gasteiger partial charge in [0.15, 0.2) is 0 Å². The second-order valence-electron chi connectivity index (χ2n) is 3.49. The molecule has 1 aromatic rings. The number of rotatable bonds is 5. The van der Waals surface area contributed by atoms with Crippen molar-refractivity contribution in [2.24, 2.45) is 0 Å². The minimum Gasteiger partial charge on any atom is -0.396 e. The highest BCUT2D eigenvalue weighted by molar-refractivity contribution is 7.12. The molecule has 0 aliphatic carbocycles. The van der Waals surface area contributed by atoms with E-state index < -0.39 is 0 Å². The summed E-state index contributed by atoms with van der Waals surface area (Å²) >= 11 is 1.85. The molecule has 0 fully saturated rings. The number of aliphatic hydroxyl groups is 1. The Bertz CT molecular complexity index is 242. The molecule has 0 bridgehead atoms. The number of hydrogen-bond acceptors (Lipinski definition) is 2. The van der Waals surface area contributed by atoms with Gasteiger partial charge in [-0.25, -0.2) is 0 Å². The first-order valence-corrected chi connectivity index (χ1v) is 5.79. The summed E-state index contributed by atoms with van der Waals surface area (Å²) in [5.41, 5.74) is 0. The molecule has 0 aromatic carbocycles. The number of thiophene rings is 1. The monoisotopic (exact) mass is 198 g/mol. The first-order valence-electron chi connectivity index (χ1n) is 4.97. The molecule has 1 atom stereocenters. The Morgan fingerprint density at radius 1 is 1.46 bits per heavy atom. The van der Waals surface area contributed by atoms with Crippen LogP contribution in [0.3, 0.4) is 0 Å². The molecule has 1 heterocycles. The van der Waals surface area contributed by atoms with Crippen LogP contribution in [0.15, 0.2) is 12.1 Å². The van der Waals surface area contributed by atoms with E-state index in [2.05, 4.69) is 26.0 Å². The summed E-state index contributed by atoms with van der Waals surface area (Å²) < 4.78 is 0. The first-order chi connectivity index (χ1) is 6.27. The summed E-state index contributed by atoms with van der Waals surface area (Å²) in [5.74, 6) is 0.306. The Kier molecular flexibility index (Phi) is 4.46. The maximum Gasteiger partial charge on any atom is 0.0504 e. The van der Waals surface area contributed by atoms with Crippen LogP contribution in [0.25, 0.3) is 0 Å². The summed E-state index contributed by atoms with van der Waals surface area (Å²) in [6.07, 6.45) is 3.72. The van der Waals surface area contributed by atoms with Crippen molar-refractivity contribution in [3.8, 4) is 0 Å². The number of aryl methyl sites for hydroxylation is 1. The van der Waals surface area contributed by atoms with Crippen LogP contribution in [0.4, 0.5) is 0 Å². The maximum absolute atomic E-state index is 8.98. The van der Waals surface area contributed by atoms with Crippen LogP contribution in [0.2, 0.25) is 0 Å². The van der Waals surface area contributed by atoms with Gasteiger partial charge in [-0.05, 0) is 25.0 Å². The summed E-state index contributed by atoms with van der Waals surface area (Å²) in [6.45, 7) is 4.54. The van der Waals surface area contributed by atoms with Gasteiger partial charge in [-0.2, -0.15) is 0 Å². The molecular formula is C11H18OS. The highest BCUT2D eigenvalue weighted by Crippen LogP contribution is 2.25. The average molecular weight is 198 g/mol. The van der Waals surface area contributed by atoms with Crippen molar-refractivity contribution in [2.75, 3.05) is 6.61 Å². The van der Waals surface area contributed by atoms with E-state index in [0.29, 0.717) is 5.92 Å². The second kappa shape index (κ2) is 5.40. The first kappa shape index (κ1) is 10.7. The van der Waals surface area contributed by atoms with E-state index in [1.54, 1.807) is 0 Å². The van der Waals surface area contributed by atoms with E-state index in [1.807, 2.05) is 11.3 Å². The molecule has 0 aliphatic rings. The Hall–Kier alpha value is -0.340. The minimum atomic E-state index is 0.258. The largest absolute Gasteiger partial charge is 0.396 e. The van der Waals surface area contributed by atoms with Crippen LogP contribution in [-0.4, -0.2) is 11.7 Å². The fraction of sp³-hybridized carbons (Fsp3) is 0.636. The molecule has 1 aromatic heterocycles. The smallest absolute Gasteiger partial charge is 0.0504 e. The molecule has 0 aliphatic heterocycles. The number of hydrogen-bond donors (Lipinski definition) is 1. The lowest BCUT2D eigenvalue weighted by Gasteiger charge is -2.02. The zero-order valence-corrected chi connectivity index (χ0v) is 9.23. The van der Waals surface area contributed by atoms with Gasteiger partial charge in [-0.1, -0.05) is 20.3 Å². The SMILES string of the molecule is CCCCc1ccc(C(C)CO)s1. The van der Waals surface area contributed by atoms with Crippen LogP contribution in [-0.2, 0) is 6.42 Å². The third-order valence-corrected chi connectivity index (χ3v) is 3.60. The summed E-state index contributed by atoms with van der Waals surface area (Å²) in [5, 5.41) is 8.98. The van der Waals surface area contributed by atoms with Gasteiger partial charge < -0.3 is 5.11 Å². The van der Waals surface area contributed by atoms with Crippen molar-refractivity contribution < 1.29 is 5.11 Å². The Morgan fingerprint density at radius 2 is 2.23 bits per heavy atom. The van der Waals surface area contributed by atoms with Crippen molar-refractivity contribution in [1.82, 2.24) is 0 Å². The molecule has 1 N–H and O–H groups in total. The summed E-state index contributed by atoms with van der Waals surface area (Å²) in [7, 11) is 0.